The summed E-state index contributed by atoms with van der Waals surface area (Å²) in [5.41, 5.74) is 5.90. The number of hydrogen-bond acceptors (Lipinski definition) is 5. The number of phenolic OH excluding ortho intramolecular Hbond substituents is 1. The minimum absolute atomic E-state index is 0.125. The molecule has 15 heavy (non-hydrogen) atoms. The smallest absolute Gasteiger partial charge is 0.251 e. The van der Waals surface area contributed by atoms with Gasteiger partial charge in [0.05, 0.1) is 5.56 Å². The van der Waals surface area contributed by atoms with Gasteiger partial charge in [0.1, 0.15) is 5.75 Å². The Bertz CT molecular complexity index is 453. The minimum atomic E-state index is 0.125. The average Bonchev–Trinajstić information content (AvgIpc) is 2.68. The first-order valence-corrected chi connectivity index (χ1v) is 4.62. The zero-order valence-electron chi connectivity index (χ0n) is 8.05. The number of phenols is 1. The molecule has 0 fully saturated rings. The Morgan fingerprint density at radius 2 is 2.07 bits per heavy atom. The Hall–Kier alpha value is -1.88. The molecule has 0 saturated carbocycles. The molecule has 5 nitrogen and oxygen atoms in total. The maximum Gasteiger partial charge on any atom is 0.251 e. The molecule has 2 aromatic rings. The number of nitrogens with two attached hydrogens (primary N) is 1. The Morgan fingerprint density at radius 3 is 2.80 bits per heavy atom. The van der Waals surface area contributed by atoms with Crippen molar-refractivity contribution in [2.75, 3.05) is 6.54 Å². The molecule has 1 aromatic heterocycles. The van der Waals surface area contributed by atoms with Gasteiger partial charge in [0, 0.05) is 13.0 Å². The zero-order chi connectivity index (χ0) is 10.7. The highest BCUT2D eigenvalue weighted by Gasteiger charge is 2.10. The lowest BCUT2D eigenvalue weighted by atomic mass is 10.2. The molecule has 0 spiro atoms. The van der Waals surface area contributed by atoms with Crippen LogP contribution in [0.2, 0.25) is 0 Å². The van der Waals surface area contributed by atoms with Crippen LogP contribution in [0.5, 0.6) is 5.75 Å². The third-order valence-corrected chi connectivity index (χ3v) is 1.96. The van der Waals surface area contributed by atoms with Gasteiger partial charge in [0.15, 0.2) is 0 Å². The topological polar surface area (TPSA) is 85.2 Å². The Morgan fingerprint density at radius 1 is 1.27 bits per heavy atom. The normalized spacial score (nSPS) is 10.5. The van der Waals surface area contributed by atoms with Crippen LogP contribution >= 0.6 is 0 Å². The second-order valence-electron chi connectivity index (χ2n) is 3.06. The number of para-hydroxylation sites is 1. The largest absolute Gasteiger partial charge is 0.507 e. The van der Waals surface area contributed by atoms with E-state index in [0.717, 1.165) is 0 Å². The summed E-state index contributed by atoms with van der Waals surface area (Å²) in [5.74, 6) is 0.924. The molecule has 0 aliphatic carbocycles. The molecule has 0 radical (unpaired) electrons. The number of nitrogens with zero attached hydrogens (tertiary/aromatic N) is 2. The van der Waals surface area contributed by atoms with Crippen LogP contribution in [0.25, 0.3) is 11.5 Å². The van der Waals surface area contributed by atoms with Crippen LogP contribution in [-0.4, -0.2) is 21.8 Å². The summed E-state index contributed by atoms with van der Waals surface area (Å²) in [4.78, 5) is 0. The highest BCUT2D eigenvalue weighted by atomic mass is 16.4. The molecule has 0 amide bonds. The van der Waals surface area contributed by atoms with E-state index in [1.807, 2.05) is 0 Å². The fourth-order valence-corrected chi connectivity index (χ4v) is 1.24. The van der Waals surface area contributed by atoms with Gasteiger partial charge in [-0.25, -0.2) is 0 Å². The second kappa shape index (κ2) is 4.10. The van der Waals surface area contributed by atoms with Gasteiger partial charge in [0.2, 0.25) is 5.89 Å². The number of aromatic hydroxyl groups is 1. The molecule has 0 unspecified atom stereocenters. The fourth-order valence-electron chi connectivity index (χ4n) is 1.24. The molecular formula is C10H11N3O2. The predicted octanol–water partition coefficient (Wildman–Crippen LogP) is 0.943. The van der Waals surface area contributed by atoms with Crippen molar-refractivity contribution in [1.82, 2.24) is 10.2 Å². The molecule has 1 heterocycles. The Kier molecular flexibility index (Phi) is 2.64. The quantitative estimate of drug-likeness (QED) is 0.779. The van der Waals surface area contributed by atoms with Crippen molar-refractivity contribution < 1.29 is 9.52 Å². The number of rotatable bonds is 3. The number of aromatic nitrogens is 2. The first kappa shape index (κ1) is 9.67. The lowest BCUT2D eigenvalue weighted by Crippen LogP contribution is -2.02. The van der Waals surface area contributed by atoms with Crippen LogP contribution in [0.15, 0.2) is 28.7 Å². The van der Waals surface area contributed by atoms with Gasteiger partial charge in [-0.05, 0) is 12.1 Å². The molecule has 78 valence electrons. The van der Waals surface area contributed by atoms with Gasteiger partial charge in [0.25, 0.3) is 5.89 Å². The van der Waals surface area contributed by atoms with E-state index in [4.69, 9.17) is 10.2 Å². The molecule has 2 rings (SSSR count). The van der Waals surface area contributed by atoms with Crippen LogP contribution in [-0.2, 0) is 6.42 Å². The lowest BCUT2D eigenvalue weighted by molar-refractivity contribution is 0.468. The van der Waals surface area contributed by atoms with Gasteiger partial charge in [-0.15, -0.1) is 10.2 Å². The van der Waals surface area contributed by atoms with Crippen LogP contribution in [0.4, 0.5) is 0 Å². The summed E-state index contributed by atoms with van der Waals surface area (Å²) >= 11 is 0. The maximum absolute atomic E-state index is 9.55. The third-order valence-electron chi connectivity index (χ3n) is 1.96. The van der Waals surface area contributed by atoms with Gasteiger partial charge in [-0.1, -0.05) is 12.1 Å². The summed E-state index contributed by atoms with van der Waals surface area (Å²) in [5, 5.41) is 17.2. The molecule has 0 atom stereocenters. The average molecular weight is 205 g/mol. The lowest BCUT2D eigenvalue weighted by Gasteiger charge is -1.97. The van der Waals surface area contributed by atoms with E-state index in [-0.39, 0.29) is 5.75 Å². The Labute approximate surface area is 86.6 Å². The molecule has 5 heteroatoms. The molecule has 0 aliphatic rings. The van der Waals surface area contributed by atoms with Crippen molar-refractivity contribution in [2.24, 2.45) is 5.73 Å². The summed E-state index contributed by atoms with van der Waals surface area (Å²) in [6.45, 7) is 0.461. The van der Waals surface area contributed by atoms with Crippen molar-refractivity contribution in [3.8, 4) is 17.2 Å². The Balaban J connectivity index is 2.33. The van der Waals surface area contributed by atoms with E-state index in [2.05, 4.69) is 10.2 Å². The number of hydrogen-bond donors (Lipinski definition) is 2. The molecule has 0 aliphatic heterocycles. The van der Waals surface area contributed by atoms with E-state index in [0.29, 0.717) is 30.3 Å². The predicted molar refractivity (Wildman–Crippen MR) is 54.2 cm³/mol. The van der Waals surface area contributed by atoms with Crippen molar-refractivity contribution >= 4 is 0 Å². The summed E-state index contributed by atoms with van der Waals surface area (Å²) < 4.78 is 5.33. The molecular weight excluding hydrogens is 194 g/mol. The first-order chi connectivity index (χ1) is 7.31. The maximum atomic E-state index is 9.55. The molecule has 1 aromatic carbocycles. The monoisotopic (exact) mass is 205 g/mol. The van der Waals surface area contributed by atoms with E-state index in [1.165, 1.54) is 0 Å². The van der Waals surface area contributed by atoms with Gasteiger partial charge in [-0.3, -0.25) is 0 Å². The van der Waals surface area contributed by atoms with Crippen molar-refractivity contribution in [1.29, 1.82) is 0 Å². The number of benzene rings is 1. The summed E-state index contributed by atoms with van der Waals surface area (Å²) in [6.07, 6.45) is 0.542. The van der Waals surface area contributed by atoms with Gasteiger partial charge in [-0.2, -0.15) is 0 Å². The van der Waals surface area contributed by atoms with E-state index in [9.17, 15) is 5.11 Å². The van der Waals surface area contributed by atoms with Crippen LogP contribution in [0.3, 0.4) is 0 Å². The van der Waals surface area contributed by atoms with Crippen LogP contribution in [0.1, 0.15) is 5.89 Å². The minimum Gasteiger partial charge on any atom is -0.507 e. The van der Waals surface area contributed by atoms with Crippen molar-refractivity contribution in [3.63, 3.8) is 0 Å². The van der Waals surface area contributed by atoms with Crippen LogP contribution in [0, 0.1) is 0 Å². The van der Waals surface area contributed by atoms with Crippen molar-refractivity contribution in [2.45, 2.75) is 6.42 Å². The van der Waals surface area contributed by atoms with Gasteiger partial charge < -0.3 is 15.3 Å². The zero-order valence-corrected chi connectivity index (χ0v) is 8.05. The van der Waals surface area contributed by atoms with Crippen LogP contribution < -0.4 is 5.73 Å². The summed E-state index contributed by atoms with van der Waals surface area (Å²) in [6, 6.07) is 6.81. The molecule has 0 saturated heterocycles. The highest BCUT2D eigenvalue weighted by Crippen LogP contribution is 2.27. The summed E-state index contributed by atoms with van der Waals surface area (Å²) in [7, 11) is 0. The van der Waals surface area contributed by atoms with E-state index < -0.39 is 0 Å². The second-order valence-corrected chi connectivity index (χ2v) is 3.06. The molecule has 0 bridgehead atoms. The first-order valence-electron chi connectivity index (χ1n) is 4.62. The van der Waals surface area contributed by atoms with Gasteiger partial charge >= 0.3 is 0 Å². The van der Waals surface area contributed by atoms with E-state index >= 15 is 0 Å². The fraction of sp³-hybridized carbons (Fsp3) is 0.200. The third kappa shape index (κ3) is 1.97. The molecule has 3 N–H and O–H groups in total. The van der Waals surface area contributed by atoms with Crippen molar-refractivity contribution in [3.05, 3.63) is 30.2 Å². The standard InChI is InChI=1S/C10H11N3O2/c11-6-5-9-12-13-10(15-9)7-3-1-2-4-8(7)14/h1-4,14H,5-6,11H2. The highest BCUT2D eigenvalue weighted by molar-refractivity contribution is 5.61. The SMILES string of the molecule is NCCc1nnc(-c2ccccc2O)o1. The van der Waals surface area contributed by atoms with E-state index in [1.54, 1.807) is 24.3 Å².